The molecule has 0 saturated carbocycles. The van der Waals surface area contributed by atoms with Gasteiger partial charge in [-0.15, -0.1) is 0 Å². The molecule has 4 heteroatoms. The van der Waals surface area contributed by atoms with Crippen LogP contribution in [0, 0.1) is 0 Å². The number of carbonyl (C=O) groups excluding carboxylic acids is 2. The van der Waals surface area contributed by atoms with Crippen LogP contribution in [0.4, 0.5) is 0 Å². The Kier molecular flexibility index (Phi) is 2.54. The summed E-state index contributed by atoms with van der Waals surface area (Å²) in [6, 6.07) is 0.289. The molecule has 2 aliphatic rings. The molecule has 14 heavy (non-hydrogen) atoms. The first-order chi connectivity index (χ1) is 6.66. The van der Waals surface area contributed by atoms with Crippen molar-refractivity contribution in [1.82, 2.24) is 4.90 Å². The molecule has 78 valence electrons. The monoisotopic (exact) mass is 197 g/mol. The average Bonchev–Trinajstić information content (AvgIpc) is 2.47. The van der Waals surface area contributed by atoms with Crippen molar-refractivity contribution in [3.63, 3.8) is 0 Å². The van der Waals surface area contributed by atoms with E-state index in [0.717, 1.165) is 19.4 Å². The fourth-order valence-electron chi connectivity index (χ4n) is 2.42. The van der Waals surface area contributed by atoms with Gasteiger partial charge in [0.1, 0.15) is 11.9 Å². The first kappa shape index (κ1) is 9.65. The fraction of sp³-hybridized carbons (Fsp3) is 0.800. The molecule has 0 unspecified atom stereocenters. The quantitative estimate of drug-likeness (QED) is 0.569. The molecule has 0 amide bonds. The first-order valence-corrected chi connectivity index (χ1v) is 5.10. The third kappa shape index (κ3) is 1.80. The van der Waals surface area contributed by atoms with Crippen molar-refractivity contribution in [2.75, 3.05) is 13.1 Å². The van der Waals surface area contributed by atoms with E-state index in [2.05, 4.69) is 4.90 Å². The van der Waals surface area contributed by atoms with Gasteiger partial charge in [-0.05, 0) is 12.8 Å². The van der Waals surface area contributed by atoms with E-state index in [-0.39, 0.29) is 18.1 Å². The Balaban J connectivity index is 1.98. The van der Waals surface area contributed by atoms with Gasteiger partial charge < -0.3 is 4.74 Å². The highest BCUT2D eigenvalue weighted by atomic mass is 16.5. The van der Waals surface area contributed by atoms with E-state index in [9.17, 15) is 9.59 Å². The van der Waals surface area contributed by atoms with E-state index >= 15 is 0 Å². The lowest BCUT2D eigenvalue weighted by atomic mass is 10.00. The number of rotatable bonds is 1. The molecule has 2 heterocycles. The number of hydrogen-bond donors (Lipinski definition) is 0. The van der Waals surface area contributed by atoms with Gasteiger partial charge in [0, 0.05) is 25.9 Å². The summed E-state index contributed by atoms with van der Waals surface area (Å²) in [7, 11) is 0. The Hall–Kier alpha value is -0.900. The van der Waals surface area contributed by atoms with Gasteiger partial charge in [-0.25, -0.2) is 0 Å². The van der Waals surface area contributed by atoms with Gasteiger partial charge in [0.05, 0.1) is 6.54 Å². The van der Waals surface area contributed by atoms with Crippen LogP contribution >= 0.6 is 0 Å². The molecule has 4 nitrogen and oxygen atoms in total. The van der Waals surface area contributed by atoms with Gasteiger partial charge in [0.15, 0.2) is 0 Å². The second kappa shape index (κ2) is 3.69. The lowest BCUT2D eigenvalue weighted by Gasteiger charge is -2.30. The molecule has 2 atom stereocenters. The zero-order valence-corrected chi connectivity index (χ0v) is 8.36. The molecular weight excluding hydrogens is 182 g/mol. The Labute approximate surface area is 83.2 Å². The maximum Gasteiger partial charge on any atom is 0.302 e. The van der Waals surface area contributed by atoms with Gasteiger partial charge in [0.2, 0.25) is 0 Å². The van der Waals surface area contributed by atoms with Crippen molar-refractivity contribution in [3.8, 4) is 0 Å². The Morgan fingerprint density at radius 3 is 3.00 bits per heavy atom. The summed E-state index contributed by atoms with van der Waals surface area (Å²) in [6.07, 6.45) is 2.37. The number of Topliss-reactive ketones (excluding diaryl/α,β-unsaturated/α-hetero) is 1. The van der Waals surface area contributed by atoms with Gasteiger partial charge in [-0.2, -0.15) is 0 Å². The van der Waals surface area contributed by atoms with Crippen LogP contribution in [0.2, 0.25) is 0 Å². The van der Waals surface area contributed by atoms with E-state index in [1.54, 1.807) is 0 Å². The highest BCUT2D eigenvalue weighted by Crippen LogP contribution is 2.27. The first-order valence-electron chi connectivity index (χ1n) is 5.10. The molecular formula is C10H15NO3. The summed E-state index contributed by atoms with van der Waals surface area (Å²) in [5.41, 5.74) is 0. The zero-order chi connectivity index (χ0) is 10.1. The summed E-state index contributed by atoms with van der Waals surface area (Å²) in [4.78, 5) is 24.2. The highest BCUT2D eigenvalue weighted by molar-refractivity contribution is 5.81. The standard InChI is InChI=1S/C10H15NO3/c1-7(12)14-10-4-5-11-6-8(13)2-3-9(10)11/h9-10H,2-6H2,1H3/t9-,10-/m0/s1. The van der Waals surface area contributed by atoms with Gasteiger partial charge >= 0.3 is 5.97 Å². The molecule has 0 N–H and O–H groups in total. The molecule has 2 aliphatic heterocycles. The second-order valence-corrected chi connectivity index (χ2v) is 4.05. The predicted octanol–water partition coefficient (Wildman–Crippen LogP) is 0.355. The molecule has 2 rings (SSSR count). The Bertz CT molecular complexity index is 264. The number of nitrogens with zero attached hydrogens (tertiary/aromatic N) is 1. The third-order valence-electron chi connectivity index (χ3n) is 3.01. The number of piperidine rings is 1. The predicted molar refractivity (Wildman–Crippen MR) is 49.8 cm³/mol. The normalized spacial score (nSPS) is 32.8. The molecule has 0 aromatic rings. The molecule has 0 spiro atoms. The summed E-state index contributed by atoms with van der Waals surface area (Å²) < 4.78 is 5.22. The number of hydrogen-bond acceptors (Lipinski definition) is 4. The van der Waals surface area contributed by atoms with E-state index < -0.39 is 0 Å². The molecule has 0 radical (unpaired) electrons. The number of ether oxygens (including phenoxy) is 1. The molecule has 0 aromatic heterocycles. The number of ketones is 1. The van der Waals surface area contributed by atoms with Crippen LogP contribution in [0.15, 0.2) is 0 Å². The minimum Gasteiger partial charge on any atom is -0.461 e. The van der Waals surface area contributed by atoms with Crippen molar-refractivity contribution in [2.45, 2.75) is 38.3 Å². The highest BCUT2D eigenvalue weighted by Gasteiger charge is 2.39. The van der Waals surface area contributed by atoms with Crippen molar-refractivity contribution in [2.24, 2.45) is 0 Å². The van der Waals surface area contributed by atoms with Crippen molar-refractivity contribution >= 4 is 11.8 Å². The van der Waals surface area contributed by atoms with E-state index in [1.165, 1.54) is 6.92 Å². The number of fused-ring (bicyclic) bond motifs is 1. The largest absolute Gasteiger partial charge is 0.461 e. The summed E-state index contributed by atoms with van der Waals surface area (Å²) in [5, 5.41) is 0. The van der Waals surface area contributed by atoms with Crippen molar-refractivity contribution < 1.29 is 14.3 Å². The minimum absolute atomic E-state index is 0.0144. The van der Waals surface area contributed by atoms with Crippen LogP contribution in [0.25, 0.3) is 0 Å². The molecule has 2 fully saturated rings. The number of carbonyl (C=O) groups is 2. The molecule has 0 aliphatic carbocycles. The molecule has 2 saturated heterocycles. The topological polar surface area (TPSA) is 46.6 Å². The lowest BCUT2D eigenvalue weighted by Crippen LogP contribution is -2.44. The van der Waals surface area contributed by atoms with E-state index in [4.69, 9.17) is 4.74 Å². The summed E-state index contributed by atoms with van der Waals surface area (Å²) in [6.45, 7) is 2.87. The number of esters is 1. The average molecular weight is 197 g/mol. The van der Waals surface area contributed by atoms with Crippen LogP contribution in [0.5, 0.6) is 0 Å². The molecule has 0 bridgehead atoms. The van der Waals surface area contributed by atoms with Crippen LogP contribution in [0.3, 0.4) is 0 Å². The Morgan fingerprint density at radius 2 is 2.29 bits per heavy atom. The molecule has 0 aromatic carbocycles. The second-order valence-electron chi connectivity index (χ2n) is 4.05. The summed E-state index contributed by atoms with van der Waals surface area (Å²) in [5.74, 6) is 0.0958. The zero-order valence-electron chi connectivity index (χ0n) is 8.36. The smallest absolute Gasteiger partial charge is 0.302 e. The maximum atomic E-state index is 11.2. The third-order valence-corrected chi connectivity index (χ3v) is 3.01. The van der Waals surface area contributed by atoms with E-state index in [0.29, 0.717) is 18.7 Å². The Morgan fingerprint density at radius 1 is 1.50 bits per heavy atom. The van der Waals surface area contributed by atoms with Crippen LogP contribution in [-0.2, 0) is 14.3 Å². The maximum absolute atomic E-state index is 11.2. The van der Waals surface area contributed by atoms with Crippen LogP contribution in [-0.4, -0.2) is 41.9 Å². The van der Waals surface area contributed by atoms with Crippen LogP contribution in [0.1, 0.15) is 26.2 Å². The van der Waals surface area contributed by atoms with Crippen molar-refractivity contribution in [3.05, 3.63) is 0 Å². The van der Waals surface area contributed by atoms with Gasteiger partial charge in [-0.3, -0.25) is 14.5 Å². The van der Waals surface area contributed by atoms with Crippen LogP contribution < -0.4 is 0 Å². The van der Waals surface area contributed by atoms with Gasteiger partial charge in [-0.1, -0.05) is 0 Å². The summed E-state index contributed by atoms with van der Waals surface area (Å²) >= 11 is 0. The SMILES string of the molecule is CC(=O)O[C@H]1CCN2CC(=O)CC[C@@H]12. The lowest BCUT2D eigenvalue weighted by molar-refractivity contribution is -0.148. The minimum atomic E-state index is -0.214. The van der Waals surface area contributed by atoms with Gasteiger partial charge in [0.25, 0.3) is 0 Å². The van der Waals surface area contributed by atoms with Crippen molar-refractivity contribution in [1.29, 1.82) is 0 Å². The van der Waals surface area contributed by atoms with E-state index in [1.807, 2.05) is 0 Å². The fourth-order valence-corrected chi connectivity index (χ4v) is 2.42.